The van der Waals surface area contributed by atoms with Crippen molar-refractivity contribution in [3.05, 3.63) is 58.5 Å². The molecular formula is C22H26FN3O. The maximum absolute atomic E-state index is 13.7. The summed E-state index contributed by atoms with van der Waals surface area (Å²) in [5, 5.41) is 1.13. The maximum atomic E-state index is 13.7. The van der Waals surface area contributed by atoms with Crippen molar-refractivity contribution in [2.45, 2.75) is 19.4 Å². The second-order valence-electron chi connectivity index (χ2n) is 7.51. The van der Waals surface area contributed by atoms with Crippen LogP contribution < -0.4 is 5.43 Å². The first-order chi connectivity index (χ1) is 13.1. The van der Waals surface area contributed by atoms with Gasteiger partial charge in [-0.25, -0.2) is 4.39 Å². The van der Waals surface area contributed by atoms with E-state index in [4.69, 9.17) is 0 Å². The van der Waals surface area contributed by atoms with Gasteiger partial charge in [0.05, 0.1) is 11.0 Å². The first kappa shape index (κ1) is 18.1. The highest BCUT2D eigenvalue weighted by Gasteiger charge is 2.14. The topological polar surface area (TPSA) is 28.5 Å². The fourth-order valence-electron chi connectivity index (χ4n) is 4.02. The summed E-state index contributed by atoms with van der Waals surface area (Å²) in [5.41, 5.74) is 1.66. The van der Waals surface area contributed by atoms with Gasteiger partial charge >= 0.3 is 0 Å². The average Bonchev–Trinajstić information content (AvgIpc) is 2.69. The van der Waals surface area contributed by atoms with Gasteiger partial charge in [0.2, 0.25) is 0 Å². The molecule has 4 rings (SSSR count). The molecule has 0 N–H and O–H groups in total. The van der Waals surface area contributed by atoms with Crippen molar-refractivity contribution in [1.29, 1.82) is 0 Å². The number of para-hydroxylation sites is 1. The molecule has 27 heavy (non-hydrogen) atoms. The Morgan fingerprint density at radius 2 is 1.59 bits per heavy atom. The quantitative estimate of drug-likeness (QED) is 0.512. The summed E-state index contributed by atoms with van der Waals surface area (Å²) in [6, 6.07) is 12.2. The summed E-state index contributed by atoms with van der Waals surface area (Å²) in [5.74, 6) is -0.364. The van der Waals surface area contributed by atoms with E-state index in [9.17, 15) is 9.18 Å². The van der Waals surface area contributed by atoms with Crippen molar-refractivity contribution >= 4 is 21.8 Å². The van der Waals surface area contributed by atoms with Gasteiger partial charge in [0, 0.05) is 43.5 Å². The van der Waals surface area contributed by atoms with E-state index < -0.39 is 0 Å². The average molecular weight is 367 g/mol. The van der Waals surface area contributed by atoms with Crippen LogP contribution in [0.5, 0.6) is 0 Å². The number of nitrogens with zero attached hydrogens (tertiary/aromatic N) is 3. The van der Waals surface area contributed by atoms with Crippen molar-refractivity contribution < 1.29 is 4.39 Å². The molecule has 4 nitrogen and oxygen atoms in total. The summed E-state index contributed by atoms with van der Waals surface area (Å²) < 4.78 is 15.9. The van der Waals surface area contributed by atoms with Gasteiger partial charge in [0.25, 0.3) is 0 Å². The lowest BCUT2D eigenvalue weighted by atomic mass is 10.1. The molecule has 0 unspecified atom stereocenters. The fraction of sp³-hybridized carbons (Fsp3) is 0.409. The summed E-state index contributed by atoms with van der Waals surface area (Å²) in [6.07, 6.45) is 2.15. The molecule has 0 bridgehead atoms. The van der Waals surface area contributed by atoms with Crippen LogP contribution in [-0.2, 0) is 6.54 Å². The molecule has 0 radical (unpaired) electrons. The first-order valence-corrected chi connectivity index (χ1v) is 9.75. The monoisotopic (exact) mass is 367 g/mol. The van der Waals surface area contributed by atoms with Crippen LogP contribution in [0.2, 0.25) is 0 Å². The van der Waals surface area contributed by atoms with Gasteiger partial charge in [0.15, 0.2) is 5.43 Å². The van der Waals surface area contributed by atoms with Crippen LogP contribution in [0.4, 0.5) is 4.39 Å². The number of hydrogen-bond acceptors (Lipinski definition) is 3. The summed E-state index contributed by atoms with van der Waals surface area (Å²) >= 11 is 0. The molecule has 2 aromatic carbocycles. The minimum absolute atomic E-state index is 0.0891. The molecule has 0 spiro atoms. The number of unbranched alkanes of at least 4 members (excludes halogenated alkanes) is 1. The summed E-state index contributed by atoms with van der Waals surface area (Å²) in [7, 11) is 2.17. The lowest BCUT2D eigenvalue weighted by Gasteiger charge is -2.32. The molecular weight excluding hydrogens is 341 g/mol. The maximum Gasteiger partial charge on any atom is 0.197 e. The molecule has 0 amide bonds. The number of fused-ring (bicyclic) bond motifs is 2. The van der Waals surface area contributed by atoms with Crippen LogP contribution in [-0.4, -0.2) is 54.1 Å². The highest BCUT2D eigenvalue weighted by Crippen LogP contribution is 2.21. The highest BCUT2D eigenvalue weighted by molar-refractivity contribution is 5.93. The number of benzene rings is 2. The Morgan fingerprint density at radius 3 is 2.41 bits per heavy atom. The first-order valence-electron chi connectivity index (χ1n) is 9.75. The molecule has 1 saturated heterocycles. The number of aryl methyl sites for hydroxylation is 1. The molecule has 0 saturated carbocycles. The minimum atomic E-state index is -0.364. The number of rotatable bonds is 5. The zero-order valence-electron chi connectivity index (χ0n) is 15.8. The van der Waals surface area contributed by atoms with Crippen LogP contribution in [0.3, 0.4) is 0 Å². The molecule has 0 aliphatic carbocycles. The molecule has 2 heterocycles. The molecule has 1 aliphatic heterocycles. The van der Waals surface area contributed by atoms with Crippen LogP contribution >= 0.6 is 0 Å². The molecule has 0 atom stereocenters. The Kier molecular flexibility index (Phi) is 5.23. The predicted octanol–water partition coefficient (Wildman–Crippen LogP) is 3.32. The number of piperazine rings is 1. The Hall–Kier alpha value is -2.24. The third kappa shape index (κ3) is 3.75. The standard InChI is InChI=1S/C22H26FN3O/c1-24-12-14-25(15-13-24)10-4-5-11-26-20-7-3-2-6-18(20)22(27)19-16-17(23)8-9-21(19)26/h2-3,6-9,16H,4-5,10-15H2,1H3. The van der Waals surface area contributed by atoms with Gasteiger partial charge in [-0.3, -0.25) is 4.79 Å². The van der Waals surface area contributed by atoms with Crippen molar-refractivity contribution in [3.8, 4) is 0 Å². The van der Waals surface area contributed by atoms with Crippen molar-refractivity contribution in [1.82, 2.24) is 14.4 Å². The van der Waals surface area contributed by atoms with E-state index in [2.05, 4.69) is 21.4 Å². The van der Waals surface area contributed by atoms with Gasteiger partial charge in [-0.15, -0.1) is 0 Å². The third-order valence-electron chi connectivity index (χ3n) is 5.64. The summed E-state index contributed by atoms with van der Waals surface area (Å²) in [6.45, 7) is 6.50. The molecule has 1 fully saturated rings. The normalized spacial score (nSPS) is 16.4. The Morgan fingerprint density at radius 1 is 0.889 bits per heavy atom. The second-order valence-corrected chi connectivity index (χ2v) is 7.51. The number of halogens is 1. The zero-order valence-corrected chi connectivity index (χ0v) is 15.8. The molecule has 1 aliphatic rings. The largest absolute Gasteiger partial charge is 0.340 e. The van der Waals surface area contributed by atoms with Crippen LogP contribution in [0.15, 0.2) is 47.3 Å². The van der Waals surface area contributed by atoms with Crippen molar-refractivity contribution in [3.63, 3.8) is 0 Å². The summed E-state index contributed by atoms with van der Waals surface area (Å²) in [4.78, 5) is 17.7. The highest BCUT2D eigenvalue weighted by atomic mass is 19.1. The number of hydrogen-bond donors (Lipinski definition) is 0. The van der Waals surface area contributed by atoms with Crippen LogP contribution in [0.1, 0.15) is 12.8 Å². The van der Waals surface area contributed by atoms with E-state index in [1.165, 1.54) is 12.1 Å². The molecule has 142 valence electrons. The van der Waals surface area contributed by atoms with Gasteiger partial charge in [0.1, 0.15) is 5.82 Å². The van der Waals surface area contributed by atoms with E-state index in [1.807, 2.05) is 24.3 Å². The molecule has 1 aromatic heterocycles. The predicted molar refractivity (Wildman–Crippen MR) is 109 cm³/mol. The van der Waals surface area contributed by atoms with E-state index in [1.54, 1.807) is 6.07 Å². The van der Waals surface area contributed by atoms with Crippen LogP contribution in [0.25, 0.3) is 21.8 Å². The zero-order chi connectivity index (χ0) is 18.8. The van der Waals surface area contributed by atoms with Gasteiger partial charge in [-0.2, -0.15) is 0 Å². The van der Waals surface area contributed by atoms with Crippen LogP contribution in [0, 0.1) is 5.82 Å². The van der Waals surface area contributed by atoms with Crippen molar-refractivity contribution in [2.24, 2.45) is 0 Å². The Balaban J connectivity index is 1.56. The Bertz CT molecular complexity index is 1010. The number of likely N-dealkylation sites (N-methyl/N-ethyl adjacent to an activating group) is 1. The Labute approximate surface area is 158 Å². The lowest BCUT2D eigenvalue weighted by Crippen LogP contribution is -2.44. The van der Waals surface area contributed by atoms with Crippen molar-refractivity contribution in [2.75, 3.05) is 39.8 Å². The van der Waals surface area contributed by atoms with Gasteiger partial charge in [-0.05, 0) is 56.8 Å². The number of aromatic nitrogens is 1. The van der Waals surface area contributed by atoms with E-state index in [0.29, 0.717) is 10.8 Å². The number of pyridine rings is 1. The molecule has 3 aromatic rings. The van der Waals surface area contributed by atoms with E-state index in [-0.39, 0.29) is 11.2 Å². The fourth-order valence-corrected chi connectivity index (χ4v) is 4.02. The van der Waals surface area contributed by atoms with E-state index in [0.717, 1.165) is 63.1 Å². The smallest absolute Gasteiger partial charge is 0.197 e. The lowest BCUT2D eigenvalue weighted by molar-refractivity contribution is 0.152. The second kappa shape index (κ2) is 7.79. The van der Waals surface area contributed by atoms with E-state index >= 15 is 0 Å². The van der Waals surface area contributed by atoms with Gasteiger partial charge in [-0.1, -0.05) is 12.1 Å². The molecule has 5 heteroatoms. The minimum Gasteiger partial charge on any atom is -0.340 e. The SMILES string of the molecule is CN1CCN(CCCCn2c3ccccc3c(=O)c3cc(F)ccc32)CC1. The van der Waals surface area contributed by atoms with Gasteiger partial charge < -0.3 is 14.4 Å². The third-order valence-corrected chi connectivity index (χ3v) is 5.64.